The molecule has 16 nitrogen and oxygen atoms in total. The minimum absolute atomic E-state index is 0.0925. The molecule has 4 N–H and O–H groups in total. The number of nitrogens with one attached hydrogen (secondary N) is 2. The van der Waals surface area contributed by atoms with E-state index in [1.807, 2.05) is 0 Å². The van der Waals surface area contributed by atoms with E-state index in [1.165, 1.54) is 52.1 Å². The number of amides is 2. The van der Waals surface area contributed by atoms with E-state index < -0.39 is 52.6 Å². The van der Waals surface area contributed by atoms with Crippen LogP contribution < -0.4 is 36.1 Å². The van der Waals surface area contributed by atoms with Crippen molar-refractivity contribution in [2.24, 2.45) is 14.1 Å². The lowest BCUT2D eigenvalue weighted by Crippen LogP contribution is -2.39. The van der Waals surface area contributed by atoms with Crippen molar-refractivity contribution in [3.63, 3.8) is 0 Å². The number of rotatable bonds is 12. The Balaban J connectivity index is 1.68. The van der Waals surface area contributed by atoms with Crippen LogP contribution in [0.4, 0.5) is 0 Å². The van der Waals surface area contributed by atoms with Crippen molar-refractivity contribution < 1.29 is 48.3 Å². The molecule has 2 heterocycles. The second kappa shape index (κ2) is 19.5. The molecule has 1 unspecified atom stereocenters. The maximum Gasteiger partial charge on any atom is 0.342 e. The van der Waals surface area contributed by atoms with Gasteiger partial charge in [-0.1, -0.05) is 12.2 Å². The molecular weight excluding hydrogens is 728 g/mol. The molecular formula is C40H50N4O12. The van der Waals surface area contributed by atoms with Crippen molar-refractivity contribution in [3.8, 4) is 28.7 Å². The molecule has 0 saturated carbocycles. The number of nitrogens with zero attached hydrogens (tertiary/aromatic N) is 2. The zero-order chi connectivity index (χ0) is 41.1. The van der Waals surface area contributed by atoms with E-state index in [0.29, 0.717) is 49.8 Å². The summed E-state index contributed by atoms with van der Waals surface area (Å²) in [5.41, 5.74) is -0.583. The second-order valence-electron chi connectivity index (χ2n) is 13.5. The van der Waals surface area contributed by atoms with Crippen molar-refractivity contribution in [2.75, 3.05) is 27.9 Å². The summed E-state index contributed by atoms with van der Waals surface area (Å²) in [6.45, 7) is 1.49. The molecule has 3 aromatic rings. The van der Waals surface area contributed by atoms with Crippen LogP contribution in [0.25, 0.3) is 6.08 Å². The molecule has 2 aromatic carbocycles. The number of carbonyl (C=O) groups is 4. The molecule has 0 fully saturated rings. The number of allylic oxidation sites excluding steroid dienone is 1. The highest BCUT2D eigenvalue weighted by molar-refractivity contribution is 5.98. The summed E-state index contributed by atoms with van der Waals surface area (Å²) in [5, 5.41) is 28.8. The maximum absolute atomic E-state index is 13.7. The van der Waals surface area contributed by atoms with E-state index in [4.69, 9.17) is 18.9 Å². The topological polar surface area (TPSA) is 214 Å². The highest BCUT2D eigenvalue weighted by Gasteiger charge is 2.32. The van der Waals surface area contributed by atoms with Crippen molar-refractivity contribution in [2.45, 2.75) is 76.9 Å². The summed E-state index contributed by atoms with van der Waals surface area (Å²) in [7, 11) is 7.07. The average molecular weight is 779 g/mol. The molecule has 2 amide bonds. The second-order valence-corrected chi connectivity index (χ2v) is 13.5. The van der Waals surface area contributed by atoms with Crippen LogP contribution in [0.2, 0.25) is 0 Å². The molecule has 1 aliphatic heterocycles. The van der Waals surface area contributed by atoms with Crippen LogP contribution in [0.3, 0.4) is 0 Å². The monoisotopic (exact) mass is 778 g/mol. The van der Waals surface area contributed by atoms with Gasteiger partial charge in [-0.25, -0.2) is 9.59 Å². The Bertz CT molecular complexity index is 2080. The predicted octanol–water partition coefficient (Wildman–Crippen LogP) is 3.35. The number of methoxy groups -OCH3 is 3. The fraction of sp³-hybridized carbons (Fsp3) is 0.450. The first-order valence-electron chi connectivity index (χ1n) is 18.3. The first-order chi connectivity index (χ1) is 26.7. The summed E-state index contributed by atoms with van der Waals surface area (Å²) in [6, 6.07) is 5.68. The van der Waals surface area contributed by atoms with Gasteiger partial charge in [0, 0.05) is 69.6 Å². The minimum Gasteiger partial charge on any atom is -0.507 e. The van der Waals surface area contributed by atoms with Gasteiger partial charge in [-0.2, -0.15) is 0 Å². The number of phenols is 2. The van der Waals surface area contributed by atoms with Crippen LogP contribution in [-0.4, -0.2) is 76.9 Å². The first kappa shape index (κ1) is 42.7. The van der Waals surface area contributed by atoms with Gasteiger partial charge < -0.3 is 39.8 Å². The molecule has 56 heavy (non-hydrogen) atoms. The number of phenolic OH excluding ortho intramolecular Hbond substituents is 2. The summed E-state index contributed by atoms with van der Waals surface area (Å²) in [4.78, 5) is 76.6. The number of carbonyl (C=O) groups excluding carboxylic acids is 4. The maximum atomic E-state index is 13.7. The number of hydrogen-bond acceptors (Lipinski definition) is 12. The highest BCUT2D eigenvalue weighted by Crippen LogP contribution is 2.47. The number of benzene rings is 2. The van der Waals surface area contributed by atoms with Crippen LogP contribution in [0, 0.1) is 0 Å². The van der Waals surface area contributed by atoms with Gasteiger partial charge in [0.15, 0.2) is 11.5 Å². The molecule has 0 spiro atoms. The summed E-state index contributed by atoms with van der Waals surface area (Å²) in [5.74, 6) is -3.18. The van der Waals surface area contributed by atoms with Crippen LogP contribution >= 0.6 is 0 Å². The normalized spacial score (nSPS) is 15.5. The van der Waals surface area contributed by atoms with E-state index in [2.05, 4.69) is 10.6 Å². The van der Waals surface area contributed by atoms with Crippen molar-refractivity contribution in [3.05, 3.63) is 79.1 Å². The van der Waals surface area contributed by atoms with Crippen LogP contribution in [-0.2, 0) is 39.8 Å². The molecule has 16 heteroatoms. The van der Waals surface area contributed by atoms with Gasteiger partial charge in [0.25, 0.3) is 5.56 Å². The van der Waals surface area contributed by atoms with Gasteiger partial charge in [0.1, 0.15) is 22.8 Å². The van der Waals surface area contributed by atoms with Crippen molar-refractivity contribution in [1.29, 1.82) is 0 Å². The first-order valence-corrected chi connectivity index (χ1v) is 18.3. The lowest BCUT2D eigenvalue weighted by atomic mass is 9.84. The zero-order valence-electron chi connectivity index (χ0n) is 32.6. The largest absolute Gasteiger partial charge is 0.507 e. The molecule has 0 radical (unpaired) electrons. The number of cyclic esters (lactones) is 1. The third kappa shape index (κ3) is 10.4. The van der Waals surface area contributed by atoms with Crippen molar-refractivity contribution in [1.82, 2.24) is 19.8 Å². The zero-order valence-corrected chi connectivity index (χ0v) is 32.6. The molecule has 2 atom stereocenters. The quantitative estimate of drug-likeness (QED) is 0.195. The molecule has 1 aromatic heterocycles. The van der Waals surface area contributed by atoms with Gasteiger partial charge in [-0.3, -0.25) is 28.3 Å². The van der Waals surface area contributed by atoms with Gasteiger partial charge in [-0.05, 0) is 61.9 Å². The summed E-state index contributed by atoms with van der Waals surface area (Å²) in [6.07, 6.45) is 5.02. The molecule has 0 saturated heterocycles. The Hall–Kier alpha value is -6.06. The summed E-state index contributed by atoms with van der Waals surface area (Å²) >= 11 is 0. The number of aromatic nitrogens is 2. The number of esters is 1. The van der Waals surface area contributed by atoms with Gasteiger partial charge in [0.05, 0.1) is 34.0 Å². The molecule has 1 aliphatic rings. The fourth-order valence-corrected chi connectivity index (χ4v) is 6.51. The number of ketones is 1. The third-order valence-corrected chi connectivity index (χ3v) is 9.64. The number of aromatic hydroxyl groups is 2. The lowest BCUT2D eigenvalue weighted by Gasteiger charge is -2.24. The van der Waals surface area contributed by atoms with Crippen LogP contribution in [0.15, 0.2) is 39.9 Å². The Morgan fingerprint density at radius 1 is 0.911 bits per heavy atom. The van der Waals surface area contributed by atoms with E-state index in [9.17, 15) is 39.0 Å². The molecule has 4 rings (SSSR count). The third-order valence-electron chi connectivity index (χ3n) is 9.64. The van der Waals surface area contributed by atoms with E-state index in [-0.39, 0.29) is 65.7 Å². The molecule has 0 bridgehead atoms. The van der Waals surface area contributed by atoms with Crippen LogP contribution in [0.5, 0.6) is 28.7 Å². The number of hydrogen-bond donors (Lipinski definition) is 4. The fourth-order valence-electron chi connectivity index (χ4n) is 6.51. The SMILES string of the molecule is COc1cc(C(CC(=O)NCCC(=O)NCc2cc(=O)n(C)c(=O)n2C)c2c(O)cc3c(c2O)C(=O)O[C@@H](C)CCCC(=O)CCCC=C3)cc(OC)c1OC. The molecule has 0 aliphatic carbocycles. The Morgan fingerprint density at radius 2 is 1.59 bits per heavy atom. The number of ether oxygens (including phenoxy) is 4. The lowest BCUT2D eigenvalue weighted by molar-refractivity contribution is -0.123. The summed E-state index contributed by atoms with van der Waals surface area (Å²) < 4.78 is 24.5. The highest BCUT2D eigenvalue weighted by atomic mass is 16.5. The number of Topliss-reactive ketones (excluding diaryl/α,β-unsaturated/α-hetero) is 1. The Morgan fingerprint density at radius 3 is 2.25 bits per heavy atom. The Labute approximate surface area is 324 Å². The van der Waals surface area contributed by atoms with E-state index in [1.54, 1.807) is 31.2 Å². The predicted molar refractivity (Wildman–Crippen MR) is 205 cm³/mol. The standard InChI is InChI=1S/C40H50N4O12/c1-23-11-10-14-27(45)13-9-7-8-12-24-17-29(46)36(37(50)35(24)39(51)56-23)28(25-18-30(53-4)38(55-6)31(19-25)54-5)21-33(48)41-16-15-32(47)42-22-26-20-34(49)44(3)40(52)43(26)2/h8,12,17-20,23,28,46,50H,7,9-11,13-16,21-22H2,1-6H3,(H,41,48)(H,42,47)/t23-,28?/m0/s1. The molecule has 302 valence electrons. The minimum atomic E-state index is -1.11. The smallest absolute Gasteiger partial charge is 0.342 e. The van der Waals surface area contributed by atoms with E-state index >= 15 is 0 Å². The van der Waals surface area contributed by atoms with Gasteiger partial charge in [-0.15, -0.1) is 0 Å². The average Bonchev–Trinajstić information content (AvgIpc) is 3.16. The van der Waals surface area contributed by atoms with Gasteiger partial charge >= 0.3 is 11.7 Å². The van der Waals surface area contributed by atoms with Crippen LogP contribution in [0.1, 0.15) is 97.0 Å². The van der Waals surface area contributed by atoms with E-state index in [0.717, 1.165) is 4.57 Å². The Kier molecular flexibility index (Phi) is 14.9. The van der Waals surface area contributed by atoms with Gasteiger partial charge in [0.2, 0.25) is 17.6 Å². The van der Waals surface area contributed by atoms with Crippen molar-refractivity contribution >= 4 is 29.6 Å². The number of fused-ring (bicyclic) bond motifs is 1.